The molecule has 0 unspecified atom stereocenters. The predicted molar refractivity (Wildman–Crippen MR) is 92.4 cm³/mol. The highest BCUT2D eigenvalue weighted by Gasteiger charge is 2.12. The standard InChI is InChI=1S/C17H23NO2Si/c1-5-14-6-8-16-15(12-14)7-9-17(19)18(16)13-20-10-11-21(2,3)4/h5-9,12H,1,10-11,13H2,2-4H3. The first-order chi connectivity index (χ1) is 9.90. The second-order valence-electron chi connectivity index (χ2n) is 6.47. The van der Waals surface area contributed by atoms with Crippen molar-refractivity contribution in [1.82, 2.24) is 4.57 Å². The van der Waals surface area contributed by atoms with Crippen molar-refractivity contribution in [2.45, 2.75) is 32.4 Å². The van der Waals surface area contributed by atoms with Gasteiger partial charge in [0.1, 0.15) is 6.73 Å². The summed E-state index contributed by atoms with van der Waals surface area (Å²) in [6, 6.07) is 10.5. The number of rotatable bonds is 6. The van der Waals surface area contributed by atoms with Gasteiger partial charge in [0.05, 0.1) is 5.52 Å². The van der Waals surface area contributed by atoms with Crippen LogP contribution in [0.15, 0.2) is 41.7 Å². The quantitative estimate of drug-likeness (QED) is 0.597. The molecule has 0 N–H and O–H groups in total. The van der Waals surface area contributed by atoms with Crippen LogP contribution in [0.5, 0.6) is 0 Å². The van der Waals surface area contributed by atoms with E-state index < -0.39 is 8.07 Å². The smallest absolute Gasteiger partial charge is 0.252 e. The Labute approximate surface area is 126 Å². The molecular formula is C17H23NO2Si. The number of hydrogen-bond acceptors (Lipinski definition) is 2. The minimum atomic E-state index is -1.10. The van der Waals surface area contributed by atoms with Gasteiger partial charge in [-0.25, -0.2) is 0 Å². The molecule has 3 nitrogen and oxygen atoms in total. The van der Waals surface area contributed by atoms with Gasteiger partial charge in [0.2, 0.25) is 0 Å². The third kappa shape index (κ3) is 4.16. The number of nitrogens with zero attached hydrogens (tertiary/aromatic N) is 1. The van der Waals surface area contributed by atoms with Gasteiger partial charge in [0.15, 0.2) is 0 Å². The zero-order chi connectivity index (χ0) is 15.5. The highest BCUT2D eigenvalue weighted by atomic mass is 28.3. The van der Waals surface area contributed by atoms with Crippen LogP contribution in [0.25, 0.3) is 17.0 Å². The SMILES string of the molecule is C=Cc1ccc2c(ccc(=O)n2COCC[Si](C)(C)C)c1. The van der Waals surface area contributed by atoms with Gasteiger partial charge in [0, 0.05) is 20.7 Å². The van der Waals surface area contributed by atoms with Crippen molar-refractivity contribution in [2.75, 3.05) is 6.61 Å². The first-order valence-electron chi connectivity index (χ1n) is 7.24. The normalized spacial score (nSPS) is 11.8. The number of ether oxygens (including phenoxy) is 1. The van der Waals surface area contributed by atoms with Crippen molar-refractivity contribution in [1.29, 1.82) is 0 Å². The third-order valence-electron chi connectivity index (χ3n) is 3.47. The molecule has 0 fully saturated rings. The lowest BCUT2D eigenvalue weighted by Gasteiger charge is -2.16. The zero-order valence-corrected chi connectivity index (χ0v) is 14.1. The molecule has 0 aliphatic carbocycles. The second-order valence-corrected chi connectivity index (χ2v) is 12.1. The Morgan fingerprint density at radius 3 is 2.67 bits per heavy atom. The van der Waals surface area contributed by atoms with Crippen molar-refractivity contribution < 1.29 is 4.74 Å². The lowest BCUT2D eigenvalue weighted by Crippen LogP contribution is -2.24. The molecule has 0 saturated heterocycles. The van der Waals surface area contributed by atoms with E-state index in [0.717, 1.165) is 22.5 Å². The highest BCUT2D eigenvalue weighted by Crippen LogP contribution is 2.15. The van der Waals surface area contributed by atoms with E-state index in [4.69, 9.17) is 4.74 Å². The van der Waals surface area contributed by atoms with Crippen molar-refractivity contribution in [3.8, 4) is 0 Å². The van der Waals surface area contributed by atoms with Crippen LogP contribution in [-0.2, 0) is 11.5 Å². The molecule has 0 atom stereocenters. The van der Waals surface area contributed by atoms with Gasteiger partial charge in [-0.15, -0.1) is 0 Å². The van der Waals surface area contributed by atoms with Gasteiger partial charge in [-0.2, -0.15) is 0 Å². The number of aromatic nitrogens is 1. The minimum Gasteiger partial charge on any atom is -0.361 e. The predicted octanol–water partition coefficient (Wildman–Crippen LogP) is 3.96. The summed E-state index contributed by atoms with van der Waals surface area (Å²) in [4.78, 5) is 12.1. The topological polar surface area (TPSA) is 31.2 Å². The van der Waals surface area contributed by atoms with E-state index in [1.165, 1.54) is 0 Å². The Hall–Kier alpha value is -1.65. The van der Waals surface area contributed by atoms with E-state index in [1.54, 1.807) is 16.7 Å². The molecule has 21 heavy (non-hydrogen) atoms. The first-order valence-corrected chi connectivity index (χ1v) is 11.0. The van der Waals surface area contributed by atoms with Crippen LogP contribution in [-0.4, -0.2) is 19.2 Å². The average molecular weight is 301 g/mol. The van der Waals surface area contributed by atoms with E-state index in [-0.39, 0.29) is 5.56 Å². The molecule has 2 aromatic rings. The van der Waals surface area contributed by atoms with E-state index in [9.17, 15) is 4.79 Å². The van der Waals surface area contributed by atoms with Gasteiger partial charge >= 0.3 is 0 Å². The number of pyridine rings is 1. The molecule has 1 heterocycles. The van der Waals surface area contributed by atoms with Crippen molar-refractivity contribution in [2.24, 2.45) is 0 Å². The van der Waals surface area contributed by atoms with Crippen LogP contribution in [0.4, 0.5) is 0 Å². The Morgan fingerprint density at radius 1 is 1.24 bits per heavy atom. The average Bonchev–Trinajstić information content (AvgIpc) is 2.43. The highest BCUT2D eigenvalue weighted by molar-refractivity contribution is 6.76. The van der Waals surface area contributed by atoms with Crippen molar-refractivity contribution >= 4 is 25.1 Å². The molecule has 0 radical (unpaired) electrons. The van der Waals surface area contributed by atoms with Crippen LogP contribution < -0.4 is 5.56 Å². The first kappa shape index (κ1) is 15.7. The van der Waals surface area contributed by atoms with Crippen molar-refractivity contribution in [3.63, 3.8) is 0 Å². The van der Waals surface area contributed by atoms with Gasteiger partial charge < -0.3 is 4.74 Å². The monoisotopic (exact) mass is 301 g/mol. The summed E-state index contributed by atoms with van der Waals surface area (Å²) in [6.45, 7) is 11.7. The molecular weight excluding hydrogens is 278 g/mol. The summed E-state index contributed by atoms with van der Waals surface area (Å²) in [6.07, 6.45) is 1.80. The van der Waals surface area contributed by atoms with E-state index >= 15 is 0 Å². The lowest BCUT2D eigenvalue weighted by atomic mass is 10.1. The fraction of sp³-hybridized carbons (Fsp3) is 0.353. The lowest BCUT2D eigenvalue weighted by molar-refractivity contribution is 0.0879. The molecule has 0 bridgehead atoms. The summed E-state index contributed by atoms with van der Waals surface area (Å²) in [5.41, 5.74) is 1.93. The molecule has 1 aromatic carbocycles. The second kappa shape index (κ2) is 6.41. The Morgan fingerprint density at radius 2 is 2.00 bits per heavy atom. The minimum absolute atomic E-state index is 0.0261. The summed E-state index contributed by atoms with van der Waals surface area (Å²) < 4.78 is 7.41. The Bertz CT molecular complexity index is 698. The Kier molecular flexibility index (Phi) is 4.80. The summed E-state index contributed by atoms with van der Waals surface area (Å²) in [7, 11) is -1.10. The van der Waals surface area contributed by atoms with Crippen LogP contribution in [0, 0.1) is 0 Å². The summed E-state index contributed by atoms with van der Waals surface area (Å²) in [5.74, 6) is 0. The molecule has 0 aliphatic rings. The summed E-state index contributed by atoms with van der Waals surface area (Å²) >= 11 is 0. The van der Waals surface area contributed by atoms with Crippen LogP contribution in [0.1, 0.15) is 5.56 Å². The zero-order valence-electron chi connectivity index (χ0n) is 13.1. The van der Waals surface area contributed by atoms with E-state index in [2.05, 4.69) is 26.2 Å². The fourth-order valence-electron chi connectivity index (χ4n) is 2.12. The molecule has 0 spiro atoms. The molecule has 0 aliphatic heterocycles. The number of fused-ring (bicyclic) bond motifs is 1. The maximum atomic E-state index is 12.1. The third-order valence-corrected chi connectivity index (χ3v) is 5.17. The van der Waals surface area contributed by atoms with Crippen molar-refractivity contribution in [3.05, 3.63) is 52.8 Å². The van der Waals surface area contributed by atoms with Gasteiger partial charge in [-0.3, -0.25) is 9.36 Å². The van der Waals surface area contributed by atoms with Gasteiger partial charge in [-0.1, -0.05) is 38.4 Å². The molecule has 2 rings (SSSR count). The number of benzene rings is 1. The van der Waals surface area contributed by atoms with Gasteiger partial charge in [-0.05, 0) is 35.2 Å². The molecule has 0 amide bonds. The van der Waals surface area contributed by atoms with Gasteiger partial charge in [0.25, 0.3) is 5.56 Å². The molecule has 4 heteroatoms. The largest absolute Gasteiger partial charge is 0.361 e. The maximum absolute atomic E-state index is 12.1. The summed E-state index contributed by atoms with van der Waals surface area (Å²) in [5, 5.41) is 1.03. The van der Waals surface area contributed by atoms with Crippen LogP contribution >= 0.6 is 0 Å². The molecule has 1 aromatic heterocycles. The Balaban J connectivity index is 2.20. The maximum Gasteiger partial charge on any atom is 0.252 e. The fourth-order valence-corrected chi connectivity index (χ4v) is 2.87. The van der Waals surface area contributed by atoms with E-state index in [1.807, 2.05) is 24.3 Å². The molecule has 0 saturated carbocycles. The number of hydrogen-bond donors (Lipinski definition) is 0. The molecule has 112 valence electrons. The van der Waals surface area contributed by atoms with Crippen LogP contribution in [0.3, 0.4) is 0 Å². The van der Waals surface area contributed by atoms with E-state index in [0.29, 0.717) is 13.3 Å². The van der Waals surface area contributed by atoms with Crippen LogP contribution in [0.2, 0.25) is 25.7 Å².